The highest BCUT2D eigenvalue weighted by atomic mass is 15.1. The van der Waals surface area contributed by atoms with E-state index in [0.717, 1.165) is 26.2 Å². The number of nitrogens with zero attached hydrogens (tertiary/aromatic N) is 3. The van der Waals surface area contributed by atoms with Gasteiger partial charge in [-0.1, -0.05) is 12.1 Å². The van der Waals surface area contributed by atoms with Gasteiger partial charge in [0.05, 0.1) is 0 Å². The minimum Gasteiger partial charge on any atom is -0.372 e. The van der Waals surface area contributed by atoms with Crippen molar-refractivity contribution in [1.82, 2.24) is 0 Å². The van der Waals surface area contributed by atoms with Crippen molar-refractivity contribution < 1.29 is 4.58 Å². The fourth-order valence-corrected chi connectivity index (χ4v) is 4.81. The van der Waals surface area contributed by atoms with Crippen LogP contribution in [0.25, 0.3) is 5.57 Å². The lowest BCUT2D eigenvalue weighted by atomic mass is 9.86. The lowest BCUT2D eigenvalue weighted by Crippen LogP contribution is -2.22. The maximum absolute atomic E-state index is 2.41. The van der Waals surface area contributed by atoms with Gasteiger partial charge in [0.2, 0.25) is 0 Å². The maximum atomic E-state index is 2.41. The summed E-state index contributed by atoms with van der Waals surface area (Å²) in [6.07, 6.45) is 8.96. The van der Waals surface area contributed by atoms with E-state index in [4.69, 9.17) is 0 Å². The van der Waals surface area contributed by atoms with Crippen molar-refractivity contribution in [2.75, 3.05) is 50.1 Å². The molecule has 0 spiro atoms. The van der Waals surface area contributed by atoms with Crippen LogP contribution in [0.1, 0.15) is 49.9 Å². The van der Waals surface area contributed by atoms with Gasteiger partial charge in [-0.05, 0) is 111 Å². The van der Waals surface area contributed by atoms with Crippen molar-refractivity contribution in [2.24, 2.45) is 0 Å². The summed E-state index contributed by atoms with van der Waals surface area (Å²) in [7, 11) is 4.18. The zero-order valence-electron chi connectivity index (χ0n) is 22.4. The van der Waals surface area contributed by atoms with Gasteiger partial charge in [0.1, 0.15) is 14.1 Å². The van der Waals surface area contributed by atoms with Crippen molar-refractivity contribution in [3.05, 3.63) is 88.5 Å². The normalized spacial score (nSPS) is 12.8. The molecule has 3 heteroatoms. The number of hydrogen-bond acceptors (Lipinski definition) is 2. The molecule has 0 N–H and O–H groups in total. The van der Waals surface area contributed by atoms with Crippen LogP contribution >= 0.6 is 0 Å². The van der Waals surface area contributed by atoms with Crippen LogP contribution in [-0.4, -0.2) is 50.6 Å². The third kappa shape index (κ3) is 5.35. The van der Waals surface area contributed by atoms with Crippen LogP contribution in [0.3, 0.4) is 0 Å². The summed E-state index contributed by atoms with van der Waals surface area (Å²) in [5.74, 6) is 0. The number of aryl methyl sites for hydroxylation is 2. The number of hydrogen-bond donors (Lipinski definition) is 0. The largest absolute Gasteiger partial charge is 0.372 e. The molecule has 0 radical (unpaired) electrons. The van der Waals surface area contributed by atoms with E-state index in [1.54, 1.807) is 0 Å². The lowest BCUT2D eigenvalue weighted by molar-refractivity contribution is -0.462. The molecule has 2 aromatic rings. The topological polar surface area (TPSA) is 9.49 Å². The molecule has 0 fully saturated rings. The van der Waals surface area contributed by atoms with Crippen LogP contribution in [0.4, 0.5) is 11.4 Å². The molecule has 1 aliphatic rings. The minimum absolute atomic E-state index is 1.02. The highest BCUT2D eigenvalue weighted by molar-refractivity contribution is 6.04. The standard InChI is InChI=1S/C31H42N3/c1-9-33(10-2)27-17-19-29(23(5)21-27)31(25-13-15-26(16-14-25)32(7)8)30-20-18-28(22-24(30)6)34(11-3)12-4/h13-22H,9-12H2,1-8H3/q+1. The fourth-order valence-electron chi connectivity index (χ4n) is 4.81. The maximum Gasteiger partial charge on any atom is 0.199 e. The quantitative estimate of drug-likeness (QED) is 0.412. The first-order chi connectivity index (χ1) is 16.3. The van der Waals surface area contributed by atoms with Gasteiger partial charge in [-0.2, -0.15) is 0 Å². The smallest absolute Gasteiger partial charge is 0.199 e. The zero-order chi connectivity index (χ0) is 24.8. The Kier molecular flexibility index (Phi) is 8.55. The Labute approximate surface area is 207 Å². The predicted molar refractivity (Wildman–Crippen MR) is 151 cm³/mol. The second-order valence-electron chi connectivity index (χ2n) is 9.16. The van der Waals surface area contributed by atoms with Crippen LogP contribution in [0, 0.1) is 13.8 Å². The molecule has 34 heavy (non-hydrogen) atoms. The molecule has 0 saturated heterocycles. The molecular weight excluding hydrogens is 414 g/mol. The molecule has 0 saturated carbocycles. The Balaban J connectivity index is 2.20. The predicted octanol–water partition coefficient (Wildman–Crippen LogP) is 6.64. The van der Waals surface area contributed by atoms with Crippen LogP contribution in [-0.2, 0) is 0 Å². The Morgan fingerprint density at radius 1 is 0.647 bits per heavy atom. The highest BCUT2D eigenvalue weighted by Gasteiger charge is 2.18. The average molecular weight is 457 g/mol. The van der Waals surface area contributed by atoms with Gasteiger partial charge in [0, 0.05) is 49.7 Å². The molecule has 180 valence electrons. The van der Waals surface area contributed by atoms with Gasteiger partial charge in [0.25, 0.3) is 0 Å². The number of anilines is 2. The van der Waals surface area contributed by atoms with Crippen LogP contribution in [0.5, 0.6) is 0 Å². The van der Waals surface area contributed by atoms with Crippen molar-refractivity contribution in [3.8, 4) is 0 Å². The minimum atomic E-state index is 1.02. The van der Waals surface area contributed by atoms with Gasteiger partial charge >= 0.3 is 0 Å². The molecule has 0 unspecified atom stereocenters. The van der Waals surface area contributed by atoms with E-state index in [2.05, 4.69) is 131 Å². The molecule has 0 bridgehead atoms. The summed E-state index contributed by atoms with van der Waals surface area (Å²) in [5.41, 5.74) is 11.6. The Bertz CT molecular complexity index is 1050. The Hall–Kier alpha value is -3.07. The fraction of sp³-hybridized carbons (Fsp3) is 0.387. The summed E-state index contributed by atoms with van der Waals surface area (Å²) >= 11 is 0. The van der Waals surface area contributed by atoms with Crippen molar-refractivity contribution in [1.29, 1.82) is 0 Å². The van der Waals surface area contributed by atoms with E-state index in [1.807, 2.05) is 0 Å². The van der Waals surface area contributed by atoms with E-state index in [9.17, 15) is 0 Å². The third-order valence-corrected chi connectivity index (χ3v) is 6.89. The summed E-state index contributed by atoms with van der Waals surface area (Å²) < 4.78 is 2.15. The molecule has 0 heterocycles. The number of benzene rings is 2. The molecule has 3 nitrogen and oxygen atoms in total. The van der Waals surface area contributed by atoms with Crippen LogP contribution in [0.15, 0.2) is 66.3 Å². The van der Waals surface area contributed by atoms with E-state index in [-0.39, 0.29) is 0 Å². The van der Waals surface area contributed by atoms with Gasteiger partial charge in [-0.3, -0.25) is 0 Å². The number of rotatable bonds is 8. The van der Waals surface area contributed by atoms with Crippen LogP contribution < -0.4 is 9.80 Å². The zero-order valence-corrected chi connectivity index (χ0v) is 22.4. The first-order valence-electron chi connectivity index (χ1n) is 12.7. The van der Waals surface area contributed by atoms with Crippen molar-refractivity contribution in [3.63, 3.8) is 0 Å². The van der Waals surface area contributed by atoms with E-state index < -0.39 is 0 Å². The summed E-state index contributed by atoms with van der Waals surface area (Å²) in [6, 6.07) is 13.9. The molecular formula is C31H42N3+. The third-order valence-electron chi connectivity index (χ3n) is 6.89. The average Bonchev–Trinajstić information content (AvgIpc) is 2.83. The summed E-state index contributed by atoms with van der Waals surface area (Å²) in [5, 5.41) is 0. The molecule has 0 atom stereocenters. The van der Waals surface area contributed by atoms with E-state index >= 15 is 0 Å². The second-order valence-corrected chi connectivity index (χ2v) is 9.16. The highest BCUT2D eigenvalue weighted by Crippen LogP contribution is 2.36. The van der Waals surface area contributed by atoms with Gasteiger partial charge < -0.3 is 9.80 Å². The molecule has 0 aliphatic heterocycles. The van der Waals surface area contributed by atoms with Crippen molar-refractivity contribution in [2.45, 2.75) is 41.5 Å². The molecule has 1 aliphatic carbocycles. The molecule has 0 aromatic heterocycles. The number of allylic oxidation sites excluding steroid dienone is 5. The van der Waals surface area contributed by atoms with Crippen LogP contribution in [0.2, 0.25) is 0 Å². The molecule has 2 aromatic carbocycles. The Morgan fingerprint density at radius 2 is 1.06 bits per heavy atom. The lowest BCUT2D eigenvalue weighted by Gasteiger charge is -2.25. The first-order valence-corrected chi connectivity index (χ1v) is 12.7. The summed E-state index contributed by atoms with van der Waals surface area (Å²) in [6.45, 7) is 17.4. The van der Waals surface area contributed by atoms with Crippen molar-refractivity contribution >= 4 is 22.7 Å². The van der Waals surface area contributed by atoms with E-state index in [0.29, 0.717) is 0 Å². The first kappa shape index (κ1) is 25.6. The van der Waals surface area contributed by atoms with Gasteiger partial charge in [-0.15, -0.1) is 0 Å². The molecule has 0 amide bonds. The monoisotopic (exact) mass is 456 g/mol. The SMILES string of the molecule is CCN(CC)c1ccc(C(=C2C=CC(=[N+](C)C)C=C2)c2ccc(N(CC)CC)cc2C)c(C)c1. The van der Waals surface area contributed by atoms with Gasteiger partial charge in [0.15, 0.2) is 5.71 Å². The second kappa shape index (κ2) is 11.4. The van der Waals surface area contributed by atoms with Gasteiger partial charge in [-0.25, -0.2) is 4.58 Å². The Morgan fingerprint density at radius 3 is 1.38 bits per heavy atom. The molecule has 3 rings (SSSR count). The summed E-state index contributed by atoms with van der Waals surface area (Å²) in [4.78, 5) is 4.82. The van der Waals surface area contributed by atoms with E-state index in [1.165, 1.54) is 50.5 Å².